The number of halogens is 1. The fourth-order valence-corrected chi connectivity index (χ4v) is 8.12. The van der Waals surface area contributed by atoms with Gasteiger partial charge in [-0.15, -0.1) is 11.3 Å². The number of thiazole rings is 1. The number of sulfone groups is 1. The van der Waals surface area contributed by atoms with Crippen molar-refractivity contribution in [2.45, 2.75) is 32.7 Å². The summed E-state index contributed by atoms with van der Waals surface area (Å²) >= 11 is 5.93. The van der Waals surface area contributed by atoms with E-state index in [1.807, 2.05) is 18.2 Å². The second kappa shape index (κ2) is 12.2. The van der Waals surface area contributed by atoms with E-state index in [1.165, 1.54) is 22.7 Å². The number of fused-ring (bicyclic) bond motifs is 2. The normalized spacial score (nSPS) is 13.6. The molecule has 2 aromatic heterocycles. The Labute approximate surface area is 235 Å². The standard InChI is InChI=1S/C24H26BrN3O7S3/c1-3-35-23(31)21-15-5-4-6-17(15)36-22(21)26-19(29)12-38(32,33)13-20(30)27-24-28(9-10-34-2)16-8-7-14(25)11-18(16)37-24/h7-8,11H,3-6,9-10,12-13H2,1-2H3,(H,26,29). The van der Waals surface area contributed by atoms with Gasteiger partial charge in [-0.1, -0.05) is 27.3 Å². The van der Waals surface area contributed by atoms with Crippen LogP contribution < -0.4 is 10.1 Å². The maximum absolute atomic E-state index is 12.7. The third-order valence-electron chi connectivity index (χ3n) is 5.73. The van der Waals surface area contributed by atoms with Crippen molar-refractivity contribution in [3.05, 3.63) is 43.5 Å². The van der Waals surface area contributed by atoms with Gasteiger partial charge in [-0.2, -0.15) is 4.99 Å². The number of thiophene rings is 1. The smallest absolute Gasteiger partial charge is 0.341 e. The van der Waals surface area contributed by atoms with Gasteiger partial charge >= 0.3 is 5.97 Å². The Morgan fingerprint density at radius 1 is 1.18 bits per heavy atom. The SMILES string of the molecule is CCOC(=O)c1c(NC(=O)CS(=O)(=O)CC(=O)N=c2sc3cc(Br)ccc3n2CCOC)sc2c1CCC2. The molecule has 0 radical (unpaired) electrons. The number of anilines is 1. The highest BCUT2D eigenvalue weighted by atomic mass is 79.9. The van der Waals surface area contributed by atoms with Crippen LogP contribution in [0.4, 0.5) is 5.00 Å². The molecule has 38 heavy (non-hydrogen) atoms. The number of carbonyl (C=O) groups is 3. The lowest BCUT2D eigenvalue weighted by atomic mass is 10.1. The molecule has 4 rings (SSSR count). The summed E-state index contributed by atoms with van der Waals surface area (Å²) < 4.78 is 39.2. The van der Waals surface area contributed by atoms with Crippen LogP contribution in [0, 0.1) is 0 Å². The lowest BCUT2D eigenvalue weighted by Crippen LogP contribution is -2.28. The van der Waals surface area contributed by atoms with Crippen LogP contribution >= 0.6 is 38.6 Å². The molecule has 0 atom stereocenters. The highest BCUT2D eigenvalue weighted by Crippen LogP contribution is 2.39. The molecule has 1 aliphatic carbocycles. The first-order valence-corrected chi connectivity index (χ1v) is 16.0. The molecule has 0 saturated carbocycles. The van der Waals surface area contributed by atoms with Crippen molar-refractivity contribution in [2.24, 2.45) is 4.99 Å². The van der Waals surface area contributed by atoms with Crippen molar-refractivity contribution in [1.82, 2.24) is 4.57 Å². The Kier molecular flexibility index (Phi) is 9.19. The number of amides is 2. The molecule has 14 heteroatoms. The van der Waals surface area contributed by atoms with E-state index < -0.39 is 39.1 Å². The van der Waals surface area contributed by atoms with Crippen molar-refractivity contribution >= 4 is 81.4 Å². The van der Waals surface area contributed by atoms with Crippen molar-refractivity contribution < 1.29 is 32.3 Å². The van der Waals surface area contributed by atoms with Crippen LogP contribution in [-0.2, 0) is 48.3 Å². The molecule has 2 heterocycles. The quantitative estimate of drug-likeness (QED) is 0.335. The third-order valence-corrected chi connectivity index (χ3v) is 9.86. The second-order valence-electron chi connectivity index (χ2n) is 8.51. The van der Waals surface area contributed by atoms with Gasteiger partial charge in [-0.25, -0.2) is 13.2 Å². The van der Waals surface area contributed by atoms with Crippen LogP contribution in [-0.4, -0.2) is 62.6 Å². The zero-order valence-corrected chi connectivity index (χ0v) is 24.8. The van der Waals surface area contributed by atoms with E-state index >= 15 is 0 Å². The van der Waals surface area contributed by atoms with E-state index in [-0.39, 0.29) is 17.2 Å². The Morgan fingerprint density at radius 3 is 2.71 bits per heavy atom. The van der Waals surface area contributed by atoms with Gasteiger partial charge in [-0.3, -0.25) is 9.59 Å². The van der Waals surface area contributed by atoms with Crippen LogP contribution in [0.2, 0.25) is 0 Å². The van der Waals surface area contributed by atoms with E-state index in [1.54, 1.807) is 18.6 Å². The van der Waals surface area contributed by atoms with Gasteiger partial charge < -0.3 is 19.4 Å². The molecule has 3 aromatic rings. The third kappa shape index (κ3) is 6.60. The minimum Gasteiger partial charge on any atom is -0.462 e. The summed E-state index contributed by atoms with van der Waals surface area (Å²) in [6, 6.07) is 5.63. The fourth-order valence-electron chi connectivity index (χ4n) is 4.18. The number of aryl methyl sites for hydroxylation is 1. The number of aromatic nitrogens is 1. The van der Waals surface area contributed by atoms with E-state index in [9.17, 15) is 22.8 Å². The highest BCUT2D eigenvalue weighted by molar-refractivity contribution is 9.10. The molecule has 1 aliphatic rings. The number of methoxy groups -OCH3 is 1. The molecule has 1 N–H and O–H groups in total. The Hall–Kier alpha value is -2.39. The number of ether oxygens (including phenoxy) is 2. The summed E-state index contributed by atoms with van der Waals surface area (Å²) in [4.78, 5) is 43.2. The number of esters is 1. The summed E-state index contributed by atoms with van der Waals surface area (Å²) in [5, 5.41) is 2.83. The van der Waals surface area contributed by atoms with E-state index in [0.717, 1.165) is 38.0 Å². The van der Waals surface area contributed by atoms with Gasteiger partial charge in [-0.05, 0) is 49.9 Å². The number of carbonyl (C=O) groups excluding carboxylic acids is 3. The first-order chi connectivity index (χ1) is 18.1. The topological polar surface area (TPSA) is 133 Å². The van der Waals surface area contributed by atoms with Gasteiger partial charge in [0.1, 0.15) is 16.5 Å². The van der Waals surface area contributed by atoms with Gasteiger partial charge in [0.25, 0.3) is 5.91 Å². The number of benzene rings is 1. The Bertz CT molecular complexity index is 1570. The number of hydrogen-bond donors (Lipinski definition) is 1. The minimum atomic E-state index is -4.13. The zero-order chi connectivity index (χ0) is 27.4. The van der Waals surface area contributed by atoms with Crippen LogP contribution in [0.1, 0.15) is 34.1 Å². The summed E-state index contributed by atoms with van der Waals surface area (Å²) in [5.74, 6) is -4.09. The lowest BCUT2D eigenvalue weighted by Gasteiger charge is -2.08. The molecule has 0 spiro atoms. The first kappa shape index (κ1) is 28.6. The minimum absolute atomic E-state index is 0.180. The molecule has 0 aliphatic heterocycles. The molecule has 0 unspecified atom stereocenters. The summed E-state index contributed by atoms with van der Waals surface area (Å²) in [6.07, 6.45) is 2.39. The fraction of sp³-hybridized carbons (Fsp3) is 0.417. The molecule has 0 saturated heterocycles. The van der Waals surface area contributed by atoms with E-state index in [4.69, 9.17) is 9.47 Å². The summed E-state index contributed by atoms with van der Waals surface area (Å²) in [5.41, 5.74) is 1.97. The van der Waals surface area contributed by atoms with Crippen molar-refractivity contribution in [3.8, 4) is 0 Å². The molecule has 10 nitrogen and oxygen atoms in total. The number of rotatable bonds is 10. The molecular formula is C24H26BrN3O7S3. The number of hydrogen-bond acceptors (Lipinski definition) is 9. The van der Waals surface area contributed by atoms with Gasteiger partial charge in [0.2, 0.25) is 5.91 Å². The van der Waals surface area contributed by atoms with Gasteiger partial charge in [0, 0.05) is 23.0 Å². The maximum Gasteiger partial charge on any atom is 0.341 e. The predicted molar refractivity (Wildman–Crippen MR) is 150 cm³/mol. The molecular weight excluding hydrogens is 618 g/mol. The zero-order valence-electron chi connectivity index (χ0n) is 20.7. The summed E-state index contributed by atoms with van der Waals surface area (Å²) in [6.45, 7) is 2.67. The van der Waals surface area contributed by atoms with Gasteiger partial charge in [0.15, 0.2) is 14.6 Å². The summed E-state index contributed by atoms with van der Waals surface area (Å²) in [7, 11) is -2.57. The van der Waals surface area contributed by atoms with Crippen molar-refractivity contribution in [1.29, 1.82) is 0 Å². The van der Waals surface area contributed by atoms with E-state index in [0.29, 0.717) is 24.4 Å². The van der Waals surface area contributed by atoms with Crippen LogP contribution in [0.3, 0.4) is 0 Å². The number of nitrogens with zero attached hydrogens (tertiary/aromatic N) is 2. The van der Waals surface area contributed by atoms with Crippen LogP contribution in [0.5, 0.6) is 0 Å². The Morgan fingerprint density at radius 2 is 1.97 bits per heavy atom. The monoisotopic (exact) mass is 643 g/mol. The first-order valence-electron chi connectivity index (χ1n) is 11.8. The highest BCUT2D eigenvalue weighted by Gasteiger charge is 2.29. The lowest BCUT2D eigenvalue weighted by molar-refractivity contribution is -0.115. The molecule has 2 amide bonds. The average molecular weight is 645 g/mol. The predicted octanol–water partition coefficient (Wildman–Crippen LogP) is 3.32. The Balaban J connectivity index is 1.50. The maximum atomic E-state index is 12.7. The van der Waals surface area contributed by atoms with Crippen molar-refractivity contribution in [3.63, 3.8) is 0 Å². The second-order valence-corrected chi connectivity index (χ2v) is 13.6. The van der Waals surface area contributed by atoms with Crippen LogP contribution in [0.25, 0.3) is 10.2 Å². The largest absolute Gasteiger partial charge is 0.462 e. The average Bonchev–Trinajstić information content (AvgIpc) is 3.49. The molecule has 0 fully saturated rings. The van der Waals surface area contributed by atoms with Crippen molar-refractivity contribution in [2.75, 3.05) is 37.1 Å². The molecule has 1 aromatic carbocycles. The van der Waals surface area contributed by atoms with Gasteiger partial charge in [0.05, 0.1) is 29.0 Å². The van der Waals surface area contributed by atoms with Crippen LogP contribution in [0.15, 0.2) is 27.7 Å². The molecule has 0 bridgehead atoms. The number of nitrogens with one attached hydrogen (secondary N) is 1. The molecule has 204 valence electrons. The van der Waals surface area contributed by atoms with E-state index in [2.05, 4.69) is 26.2 Å².